The van der Waals surface area contributed by atoms with Gasteiger partial charge < -0.3 is 14.7 Å². The van der Waals surface area contributed by atoms with Crippen LogP contribution in [0.1, 0.15) is 12.5 Å². The predicted octanol–water partition coefficient (Wildman–Crippen LogP) is 2.89. The first-order valence-electron chi connectivity index (χ1n) is 7.14. The summed E-state index contributed by atoms with van der Waals surface area (Å²) in [5.74, 6) is 0.178. The number of phenolic OH excluding ortho intramolecular Hbond substituents is 1. The van der Waals surface area contributed by atoms with E-state index in [2.05, 4.69) is 0 Å². The Morgan fingerprint density at radius 3 is 2.64 bits per heavy atom. The molecule has 5 heteroatoms. The van der Waals surface area contributed by atoms with E-state index >= 15 is 0 Å². The van der Waals surface area contributed by atoms with Gasteiger partial charge in [0.2, 0.25) is 0 Å². The lowest BCUT2D eigenvalue weighted by Gasteiger charge is -2.33. The summed E-state index contributed by atoms with van der Waals surface area (Å²) in [7, 11) is 0. The van der Waals surface area contributed by atoms with E-state index in [1.54, 1.807) is 23.1 Å². The van der Waals surface area contributed by atoms with Crippen molar-refractivity contribution in [3.63, 3.8) is 0 Å². The van der Waals surface area contributed by atoms with Gasteiger partial charge in [-0.05, 0) is 36.8 Å². The highest BCUT2D eigenvalue weighted by atomic mass is 19.1. The van der Waals surface area contributed by atoms with Crippen LogP contribution in [0.5, 0.6) is 11.5 Å². The molecule has 114 valence electrons. The fourth-order valence-corrected chi connectivity index (χ4v) is 2.60. The molecule has 3 rings (SSSR count). The van der Waals surface area contributed by atoms with Crippen molar-refractivity contribution in [2.45, 2.75) is 19.4 Å². The maximum atomic E-state index is 13.0. The fourth-order valence-electron chi connectivity index (χ4n) is 2.60. The molecule has 0 aromatic heterocycles. The van der Waals surface area contributed by atoms with Crippen molar-refractivity contribution in [2.24, 2.45) is 0 Å². The van der Waals surface area contributed by atoms with E-state index in [0.29, 0.717) is 24.4 Å². The molecule has 2 aromatic carbocycles. The molecule has 2 aromatic rings. The van der Waals surface area contributed by atoms with Gasteiger partial charge >= 0.3 is 0 Å². The summed E-state index contributed by atoms with van der Waals surface area (Å²) in [5.41, 5.74) is 1.40. The summed E-state index contributed by atoms with van der Waals surface area (Å²) >= 11 is 0. The highest BCUT2D eigenvalue weighted by molar-refractivity contribution is 6.00. The molecular formula is C17H16FNO3. The van der Waals surface area contributed by atoms with Crippen molar-refractivity contribution in [1.82, 2.24) is 0 Å². The third kappa shape index (κ3) is 2.62. The number of rotatable bonds is 3. The van der Waals surface area contributed by atoms with E-state index in [-0.39, 0.29) is 17.5 Å². The minimum Gasteiger partial charge on any atom is -0.508 e. The van der Waals surface area contributed by atoms with E-state index in [4.69, 9.17) is 4.74 Å². The number of anilines is 1. The second-order valence-corrected chi connectivity index (χ2v) is 5.17. The number of hydrogen-bond donors (Lipinski definition) is 1. The number of amides is 1. The van der Waals surface area contributed by atoms with Crippen molar-refractivity contribution < 1.29 is 19.0 Å². The lowest BCUT2D eigenvalue weighted by Crippen LogP contribution is -2.46. The van der Waals surface area contributed by atoms with E-state index in [0.717, 1.165) is 5.56 Å². The smallest absolute Gasteiger partial charge is 0.268 e. The number of halogens is 1. The molecule has 1 amide bonds. The minimum absolute atomic E-state index is 0.0885. The molecule has 1 atom stereocenters. The first-order valence-corrected chi connectivity index (χ1v) is 7.14. The average Bonchev–Trinajstić information content (AvgIpc) is 2.51. The minimum atomic E-state index is -0.651. The molecule has 22 heavy (non-hydrogen) atoms. The Morgan fingerprint density at radius 1 is 1.23 bits per heavy atom. The predicted molar refractivity (Wildman–Crippen MR) is 80.7 cm³/mol. The van der Waals surface area contributed by atoms with Gasteiger partial charge in [0.05, 0.1) is 5.69 Å². The summed E-state index contributed by atoms with van der Waals surface area (Å²) in [6.45, 7) is 2.35. The third-order valence-corrected chi connectivity index (χ3v) is 3.69. The molecule has 4 nitrogen and oxygen atoms in total. The Morgan fingerprint density at radius 2 is 1.95 bits per heavy atom. The molecule has 1 aliphatic heterocycles. The Balaban J connectivity index is 1.89. The number of benzene rings is 2. The highest BCUT2D eigenvalue weighted by Gasteiger charge is 2.33. The molecule has 1 heterocycles. The van der Waals surface area contributed by atoms with Crippen molar-refractivity contribution in [3.8, 4) is 11.5 Å². The molecule has 1 aliphatic rings. The fraction of sp³-hybridized carbons (Fsp3) is 0.235. The zero-order chi connectivity index (χ0) is 15.7. The molecule has 0 saturated heterocycles. The molecule has 0 spiro atoms. The molecule has 1 unspecified atom stereocenters. The molecule has 0 fully saturated rings. The summed E-state index contributed by atoms with van der Waals surface area (Å²) in [4.78, 5) is 14.1. The Labute approximate surface area is 127 Å². The van der Waals surface area contributed by atoms with E-state index < -0.39 is 6.10 Å². The van der Waals surface area contributed by atoms with Crippen LogP contribution < -0.4 is 9.64 Å². The van der Waals surface area contributed by atoms with Crippen LogP contribution in [-0.2, 0) is 11.2 Å². The molecular weight excluding hydrogens is 285 g/mol. The maximum absolute atomic E-state index is 13.0. The Hall–Kier alpha value is -2.56. The normalized spacial score (nSPS) is 17.1. The molecule has 1 N–H and O–H groups in total. The second-order valence-electron chi connectivity index (χ2n) is 5.17. The Bertz CT molecular complexity index is 700. The molecule has 0 radical (unpaired) electrons. The average molecular weight is 301 g/mol. The lowest BCUT2D eigenvalue weighted by molar-refractivity contribution is -0.126. The van der Waals surface area contributed by atoms with Gasteiger partial charge in [-0.25, -0.2) is 4.39 Å². The van der Waals surface area contributed by atoms with E-state index in [9.17, 15) is 14.3 Å². The number of carbonyl (C=O) groups is 1. The van der Waals surface area contributed by atoms with E-state index in [1.165, 1.54) is 24.3 Å². The summed E-state index contributed by atoms with van der Waals surface area (Å²) in [6, 6.07) is 10.7. The maximum Gasteiger partial charge on any atom is 0.268 e. The number of likely N-dealkylation sites (N-methyl/N-ethyl adjacent to an activating group) is 1. The van der Waals surface area contributed by atoms with Crippen LogP contribution in [0.3, 0.4) is 0 Å². The molecule has 0 bridgehead atoms. The zero-order valence-electron chi connectivity index (χ0n) is 12.1. The van der Waals surface area contributed by atoms with Crippen molar-refractivity contribution in [1.29, 1.82) is 0 Å². The van der Waals surface area contributed by atoms with E-state index in [1.807, 2.05) is 6.92 Å². The van der Waals surface area contributed by atoms with Gasteiger partial charge in [0.15, 0.2) is 6.10 Å². The van der Waals surface area contributed by atoms with Crippen molar-refractivity contribution >= 4 is 11.6 Å². The number of fused-ring (bicyclic) bond motifs is 1. The topological polar surface area (TPSA) is 49.8 Å². The summed E-state index contributed by atoms with van der Waals surface area (Å²) in [5, 5.41) is 9.59. The van der Waals surface area contributed by atoms with Crippen LogP contribution in [0.2, 0.25) is 0 Å². The summed E-state index contributed by atoms with van der Waals surface area (Å²) < 4.78 is 18.7. The summed E-state index contributed by atoms with van der Waals surface area (Å²) in [6.07, 6.45) is -0.280. The first-order chi connectivity index (χ1) is 10.6. The number of phenols is 1. The number of ether oxygens (including phenoxy) is 1. The third-order valence-electron chi connectivity index (χ3n) is 3.69. The van der Waals surface area contributed by atoms with Gasteiger partial charge in [0.25, 0.3) is 5.91 Å². The zero-order valence-corrected chi connectivity index (χ0v) is 12.1. The number of nitrogens with zero attached hydrogens (tertiary/aromatic N) is 1. The Kier molecular flexibility index (Phi) is 3.71. The van der Waals surface area contributed by atoms with Crippen LogP contribution >= 0.6 is 0 Å². The van der Waals surface area contributed by atoms with Gasteiger partial charge in [0.1, 0.15) is 17.3 Å². The largest absolute Gasteiger partial charge is 0.508 e. The van der Waals surface area contributed by atoms with Crippen LogP contribution in [0, 0.1) is 5.82 Å². The number of carbonyl (C=O) groups excluding carboxylic acids is 1. The van der Waals surface area contributed by atoms with Gasteiger partial charge in [-0.3, -0.25) is 4.79 Å². The SMILES string of the molecule is CCN1C(=O)C(Cc2ccc(F)cc2)Oc2ccc(O)cc21. The van der Waals surface area contributed by atoms with Gasteiger partial charge in [0, 0.05) is 19.0 Å². The van der Waals surface area contributed by atoms with Crippen LogP contribution in [-0.4, -0.2) is 23.7 Å². The standard InChI is InChI=1S/C17H16FNO3/c1-2-19-14-10-13(20)7-8-15(14)22-16(17(19)21)9-11-3-5-12(18)6-4-11/h3-8,10,16,20H,2,9H2,1H3. The quantitative estimate of drug-likeness (QED) is 0.948. The van der Waals surface area contributed by atoms with Crippen LogP contribution in [0.4, 0.5) is 10.1 Å². The lowest BCUT2D eigenvalue weighted by atomic mass is 10.0. The van der Waals surface area contributed by atoms with Crippen molar-refractivity contribution in [3.05, 3.63) is 53.8 Å². The van der Waals surface area contributed by atoms with Crippen LogP contribution in [0.25, 0.3) is 0 Å². The second kappa shape index (κ2) is 5.67. The van der Waals surface area contributed by atoms with Gasteiger partial charge in [-0.1, -0.05) is 12.1 Å². The monoisotopic (exact) mass is 301 g/mol. The molecule has 0 saturated carbocycles. The highest BCUT2D eigenvalue weighted by Crippen LogP contribution is 2.37. The molecule has 0 aliphatic carbocycles. The van der Waals surface area contributed by atoms with Crippen molar-refractivity contribution in [2.75, 3.05) is 11.4 Å². The van der Waals surface area contributed by atoms with Gasteiger partial charge in [-0.2, -0.15) is 0 Å². The van der Waals surface area contributed by atoms with Crippen LogP contribution in [0.15, 0.2) is 42.5 Å². The number of aromatic hydroxyl groups is 1. The number of hydrogen-bond acceptors (Lipinski definition) is 3. The first kappa shape index (κ1) is 14.4. The van der Waals surface area contributed by atoms with Gasteiger partial charge in [-0.15, -0.1) is 0 Å².